The molecule has 1 amide bonds. The van der Waals surface area contributed by atoms with E-state index < -0.39 is 72.0 Å². The monoisotopic (exact) mass is 543 g/mol. The molecule has 0 bridgehead atoms. The van der Waals surface area contributed by atoms with Gasteiger partial charge in [0.2, 0.25) is 0 Å². The van der Waals surface area contributed by atoms with Gasteiger partial charge in [0.05, 0.1) is 27.5 Å². The molecule has 1 saturated heterocycles. The topological polar surface area (TPSA) is 88.6 Å². The maximum atomic E-state index is 13.0. The summed E-state index contributed by atoms with van der Waals surface area (Å²) in [5.74, 6) is -2.03. The number of benzene rings is 2. The van der Waals surface area contributed by atoms with Crippen molar-refractivity contribution >= 4 is 25.6 Å². The Morgan fingerprint density at radius 3 is 2.11 bits per heavy atom. The first-order valence-corrected chi connectivity index (χ1v) is 13.5. The quantitative estimate of drug-likeness (QED) is 0.518. The number of nitrogens with zero attached hydrogens (tertiary/aromatic N) is 1. The number of carbonyl (C=O) groups excluding carboxylic acids is 1. The highest BCUT2D eigenvalue weighted by atomic mass is 32.2. The molecule has 1 fully saturated rings. The average molecular weight is 544 g/mol. The van der Waals surface area contributed by atoms with E-state index in [0.717, 1.165) is 47.6 Å². The summed E-state index contributed by atoms with van der Waals surface area (Å²) in [5.41, 5.74) is -2.03. The number of hydrogen-bond acceptors (Lipinski definition) is 5. The Hall–Kier alpha value is -2.61. The zero-order valence-corrected chi connectivity index (χ0v) is 19.7. The zero-order valence-electron chi connectivity index (χ0n) is 18.0. The molecule has 6 nitrogen and oxygen atoms in total. The smallest absolute Gasteiger partial charge is 0.338 e. The second-order valence-electron chi connectivity index (χ2n) is 8.27. The predicted octanol–water partition coefficient (Wildman–Crippen LogP) is 3.76. The van der Waals surface area contributed by atoms with Crippen LogP contribution in [0.3, 0.4) is 0 Å². The molecular formula is C21H19F6NO5S2. The fourth-order valence-corrected chi connectivity index (χ4v) is 5.94. The fraction of sp³-hybridized carbons (Fsp3) is 0.381. The number of alkyl halides is 6. The molecule has 1 aliphatic rings. The van der Waals surface area contributed by atoms with Crippen molar-refractivity contribution in [3.05, 3.63) is 59.2 Å². The third-order valence-electron chi connectivity index (χ3n) is 5.35. The average Bonchev–Trinajstić information content (AvgIpc) is 2.67. The van der Waals surface area contributed by atoms with Crippen molar-refractivity contribution in [2.24, 2.45) is 5.92 Å². The van der Waals surface area contributed by atoms with E-state index in [9.17, 15) is 48.0 Å². The van der Waals surface area contributed by atoms with E-state index in [1.165, 1.54) is 0 Å². The van der Waals surface area contributed by atoms with Gasteiger partial charge in [-0.1, -0.05) is 6.07 Å². The van der Waals surface area contributed by atoms with Gasteiger partial charge in [0.1, 0.15) is 0 Å². The van der Waals surface area contributed by atoms with E-state index in [-0.39, 0.29) is 23.5 Å². The molecule has 0 aromatic heterocycles. The Kier molecular flexibility index (Phi) is 7.03. The molecule has 3 rings (SSSR count). The minimum Gasteiger partial charge on any atom is -0.338 e. The molecule has 192 valence electrons. The Morgan fingerprint density at radius 1 is 0.943 bits per heavy atom. The van der Waals surface area contributed by atoms with Crippen LogP contribution in [-0.4, -0.2) is 58.9 Å². The number of rotatable bonds is 6. The van der Waals surface area contributed by atoms with Crippen molar-refractivity contribution in [1.29, 1.82) is 0 Å². The first-order chi connectivity index (χ1) is 15.9. The van der Waals surface area contributed by atoms with Crippen molar-refractivity contribution in [1.82, 2.24) is 4.90 Å². The van der Waals surface area contributed by atoms with Gasteiger partial charge in [-0.3, -0.25) is 4.79 Å². The normalized spacial score (nSPS) is 15.7. The van der Waals surface area contributed by atoms with E-state index >= 15 is 0 Å². The van der Waals surface area contributed by atoms with Gasteiger partial charge in [-0.25, -0.2) is 16.8 Å². The Morgan fingerprint density at radius 2 is 1.57 bits per heavy atom. The molecular weight excluding hydrogens is 524 g/mol. The van der Waals surface area contributed by atoms with Crippen LogP contribution in [0, 0.1) is 5.92 Å². The van der Waals surface area contributed by atoms with Crippen molar-refractivity contribution in [3.63, 3.8) is 0 Å². The highest BCUT2D eigenvalue weighted by molar-refractivity contribution is 7.91. The lowest BCUT2D eigenvalue weighted by atomic mass is 9.98. The molecule has 0 N–H and O–H groups in total. The summed E-state index contributed by atoms with van der Waals surface area (Å²) >= 11 is 0. The summed E-state index contributed by atoms with van der Waals surface area (Å²) in [6.07, 6.45) is -10.2. The molecule has 0 radical (unpaired) electrons. The van der Waals surface area contributed by atoms with Crippen LogP contribution in [0.1, 0.15) is 21.5 Å². The molecule has 0 saturated carbocycles. The molecule has 0 unspecified atom stereocenters. The first-order valence-electron chi connectivity index (χ1n) is 9.96. The second kappa shape index (κ2) is 9.12. The van der Waals surface area contributed by atoms with Crippen molar-refractivity contribution in [3.8, 4) is 0 Å². The van der Waals surface area contributed by atoms with Crippen LogP contribution in [-0.2, 0) is 32.3 Å². The largest absolute Gasteiger partial charge is 0.416 e. The summed E-state index contributed by atoms with van der Waals surface area (Å²) < 4.78 is 126. The van der Waals surface area contributed by atoms with Gasteiger partial charge in [-0.05, 0) is 42.0 Å². The van der Waals surface area contributed by atoms with E-state index in [0.29, 0.717) is 6.07 Å². The molecule has 1 aliphatic heterocycles. The summed E-state index contributed by atoms with van der Waals surface area (Å²) in [6, 6.07) is 6.02. The number of likely N-dealkylation sites (tertiary alicyclic amines) is 1. The highest BCUT2D eigenvalue weighted by Gasteiger charge is 2.38. The Labute approximate surface area is 197 Å². The van der Waals surface area contributed by atoms with Crippen LogP contribution in [0.4, 0.5) is 26.3 Å². The van der Waals surface area contributed by atoms with Crippen molar-refractivity contribution in [2.45, 2.75) is 28.6 Å². The first kappa shape index (κ1) is 27.0. The second-order valence-corrected chi connectivity index (χ2v) is 12.3. The maximum absolute atomic E-state index is 13.0. The minimum absolute atomic E-state index is 0.143. The van der Waals surface area contributed by atoms with Crippen molar-refractivity contribution in [2.75, 3.05) is 25.1 Å². The Bertz CT molecular complexity index is 1340. The molecule has 0 atom stereocenters. The number of halogens is 6. The molecule has 2 aromatic carbocycles. The maximum Gasteiger partial charge on any atom is 0.416 e. The van der Waals surface area contributed by atoms with Crippen LogP contribution in [0.15, 0.2) is 52.3 Å². The summed E-state index contributed by atoms with van der Waals surface area (Å²) in [4.78, 5) is 13.0. The van der Waals surface area contributed by atoms with E-state index in [1.54, 1.807) is 0 Å². The van der Waals surface area contributed by atoms with Gasteiger partial charge in [-0.15, -0.1) is 0 Å². The standard InChI is InChI=1S/C21H19F6NO5S2/c1-34(30,31)16-5-6-18(14(7-16)9-20(22,23)24)19(29)28-10-13(11-28)12-35(32,33)17-4-2-3-15(8-17)21(25,26)27/h2-8,13H,9-12H2,1H3. The minimum atomic E-state index is -4.73. The van der Waals surface area contributed by atoms with Crippen LogP contribution in [0.5, 0.6) is 0 Å². The summed E-state index contributed by atoms with van der Waals surface area (Å²) in [5, 5.41) is 0. The number of sulfone groups is 2. The van der Waals surface area contributed by atoms with E-state index in [4.69, 9.17) is 0 Å². The Balaban J connectivity index is 1.75. The molecule has 14 heteroatoms. The lowest BCUT2D eigenvalue weighted by Gasteiger charge is -2.39. The van der Waals surface area contributed by atoms with Crippen LogP contribution < -0.4 is 0 Å². The molecule has 35 heavy (non-hydrogen) atoms. The number of carbonyl (C=O) groups is 1. The molecule has 1 heterocycles. The molecule has 0 spiro atoms. The number of amides is 1. The third-order valence-corrected chi connectivity index (χ3v) is 8.34. The number of hydrogen-bond donors (Lipinski definition) is 0. The van der Waals surface area contributed by atoms with Gasteiger partial charge >= 0.3 is 12.4 Å². The fourth-order valence-electron chi connectivity index (χ4n) is 3.66. The van der Waals surface area contributed by atoms with Gasteiger partial charge < -0.3 is 4.90 Å². The van der Waals surface area contributed by atoms with E-state index in [2.05, 4.69) is 0 Å². The predicted molar refractivity (Wildman–Crippen MR) is 112 cm³/mol. The van der Waals surface area contributed by atoms with Crippen molar-refractivity contribution < 1.29 is 48.0 Å². The van der Waals surface area contributed by atoms with Gasteiger partial charge in [0.25, 0.3) is 5.91 Å². The summed E-state index contributed by atoms with van der Waals surface area (Å²) in [6.45, 7) is -0.285. The molecule has 2 aromatic rings. The summed E-state index contributed by atoms with van der Waals surface area (Å²) in [7, 11) is -7.96. The van der Waals surface area contributed by atoms with Crippen LogP contribution in [0.25, 0.3) is 0 Å². The van der Waals surface area contributed by atoms with Crippen LogP contribution >= 0.6 is 0 Å². The highest BCUT2D eigenvalue weighted by Crippen LogP contribution is 2.32. The SMILES string of the molecule is CS(=O)(=O)c1ccc(C(=O)N2CC(CS(=O)(=O)c3cccc(C(F)(F)F)c3)C2)c(CC(F)(F)F)c1. The van der Waals surface area contributed by atoms with Gasteiger partial charge in [-0.2, -0.15) is 26.3 Å². The lowest BCUT2D eigenvalue weighted by molar-refractivity contribution is -0.137. The lowest BCUT2D eigenvalue weighted by Crippen LogP contribution is -2.52. The van der Waals surface area contributed by atoms with Gasteiger partial charge in [0.15, 0.2) is 19.7 Å². The van der Waals surface area contributed by atoms with Gasteiger partial charge in [0, 0.05) is 30.8 Å². The molecule has 0 aliphatic carbocycles. The van der Waals surface area contributed by atoms with E-state index in [1.807, 2.05) is 0 Å². The zero-order chi connectivity index (χ0) is 26.4. The van der Waals surface area contributed by atoms with Crippen LogP contribution in [0.2, 0.25) is 0 Å². The third kappa shape index (κ3) is 6.54.